The Morgan fingerprint density at radius 1 is 0.660 bits per heavy atom. The average molecular weight is 667 g/mol. The van der Waals surface area contributed by atoms with Crippen molar-refractivity contribution in [3.63, 3.8) is 0 Å². The number of piperazine rings is 2. The summed E-state index contributed by atoms with van der Waals surface area (Å²) in [6.45, 7) is 8.04. The first-order chi connectivity index (χ1) is 23.0. The molecule has 1 aliphatic carbocycles. The molecule has 1 aromatic heterocycles. The molecule has 244 valence electrons. The fraction of sp³-hybridized carbons (Fsp3) is 0.378. The first-order valence-electron chi connectivity index (χ1n) is 16.8. The Morgan fingerprint density at radius 3 is 1.68 bits per heavy atom. The minimum Gasteiger partial charge on any atom is -0.368 e. The van der Waals surface area contributed by atoms with Crippen LogP contribution in [0.1, 0.15) is 31.2 Å². The summed E-state index contributed by atoms with van der Waals surface area (Å²) in [4.78, 5) is 19.7. The highest BCUT2D eigenvalue weighted by Gasteiger charge is 2.36. The van der Waals surface area contributed by atoms with E-state index >= 15 is 0 Å². The number of benzene rings is 3. The Balaban J connectivity index is 1.07. The van der Waals surface area contributed by atoms with Gasteiger partial charge in [-0.05, 0) is 67.0 Å². The van der Waals surface area contributed by atoms with Crippen molar-refractivity contribution in [2.24, 2.45) is 0 Å². The van der Waals surface area contributed by atoms with Crippen molar-refractivity contribution in [2.45, 2.75) is 31.1 Å². The molecular weight excluding hydrogens is 624 g/mol. The van der Waals surface area contributed by atoms with Gasteiger partial charge in [0, 0.05) is 86.8 Å². The van der Waals surface area contributed by atoms with Crippen LogP contribution in [0.5, 0.6) is 0 Å². The van der Waals surface area contributed by atoms with Gasteiger partial charge in [-0.3, -0.25) is 0 Å². The van der Waals surface area contributed by atoms with E-state index in [1.54, 1.807) is 0 Å². The molecule has 0 bridgehead atoms. The molecule has 2 N–H and O–H groups in total. The first-order valence-corrected chi connectivity index (χ1v) is 17.6. The zero-order chi connectivity index (χ0) is 32.1. The molecule has 10 heteroatoms. The van der Waals surface area contributed by atoms with Gasteiger partial charge >= 0.3 is 0 Å². The average Bonchev–Trinajstić information content (AvgIpc) is 3.62. The monoisotopic (exact) mass is 666 g/mol. The van der Waals surface area contributed by atoms with E-state index < -0.39 is 0 Å². The number of hydrogen-bond donors (Lipinski definition) is 2. The predicted octanol–water partition coefficient (Wildman–Crippen LogP) is 6.58. The number of hydrogen-bond acceptors (Lipinski definition) is 7. The molecule has 7 rings (SSSR count). The predicted molar refractivity (Wildman–Crippen MR) is 200 cm³/mol. The standard InChI is InChI=1S/C37H43ClN8S/c38-30-11-9-10-29(26-30)37(16-7-8-17-37)28-39-36(47)42-35-40-33(45-22-18-43(19-23-45)31-12-3-1-4-13-31)27-34(41-35)46-24-20-44(21-25-46)32-14-5-2-6-15-32/h1-6,9-15,26-27H,7-8,16-25,28H2,(H2,39,40,41,42,47). The number of anilines is 5. The second kappa shape index (κ2) is 14.4. The summed E-state index contributed by atoms with van der Waals surface area (Å²) < 4.78 is 0. The Morgan fingerprint density at radius 2 is 1.17 bits per heavy atom. The van der Waals surface area contributed by atoms with Gasteiger partial charge in [0.05, 0.1) is 0 Å². The number of rotatable bonds is 8. The molecule has 3 heterocycles. The molecular formula is C37H43ClN8S. The molecule has 0 unspecified atom stereocenters. The van der Waals surface area contributed by atoms with Crippen molar-refractivity contribution in [1.82, 2.24) is 15.3 Å². The maximum Gasteiger partial charge on any atom is 0.232 e. The third-order valence-corrected chi connectivity index (χ3v) is 10.4. The van der Waals surface area contributed by atoms with Crippen LogP contribution in [0, 0.1) is 0 Å². The molecule has 3 aliphatic rings. The summed E-state index contributed by atoms with van der Waals surface area (Å²) in [7, 11) is 0. The van der Waals surface area contributed by atoms with Gasteiger partial charge in [0.25, 0.3) is 0 Å². The number of nitrogens with one attached hydrogen (secondary N) is 2. The number of thiocarbonyl (C=S) groups is 1. The van der Waals surface area contributed by atoms with Crippen LogP contribution in [0.15, 0.2) is 91.0 Å². The van der Waals surface area contributed by atoms with E-state index in [1.807, 2.05) is 6.07 Å². The van der Waals surface area contributed by atoms with Gasteiger partial charge in [-0.2, -0.15) is 9.97 Å². The molecule has 0 amide bonds. The molecule has 0 spiro atoms. The van der Waals surface area contributed by atoms with Crippen molar-refractivity contribution < 1.29 is 0 Å². The molecule has 2 saturated heterocycles. The normalized spacial score (nSPS) is 17.9. The molecule has 47 heavy (non-hydrogen) atoms. The lowest BCUT2D eigenvalue weighted by Gasteiger charge is -2.38. The van der Waals surface area contributed by atoms with Crippen LogP contribution in [0.2, 0.25) is 5.02 Å². The second-order valence-electron chi connectivity index (χ2n) is 12.8. The zero-order valence-electron chi connectivity index (χ0n) is 26.8. The molecule has 8 nitrogen and oxygen atoms in total. The van der Waals surface area contributed by atoms with Gasteiger partial charge in [0.1, 0.15) is 11.6 Å². The van der Waals surface area contributed by atoms with Crippen LogP contribution in [0.25, 0.3) is 0 Å². The topological polar surface area (TPSA) is 62.8 Å². The van der Waals surface area contributed by atoms with Crippen LogP contribution in [-0.2, 0) is 5.41 Å². The van der Waals surface area contributed by atoms with Gasteiger partial charge in [-0.15, -0.1) is 0 Å². The van der Waals surface area contributed by atoms with E-state index in [2.05, 4.69) is 115 Å². The smallest absolute Gasteiger partial charge is 0.232 e. The third-order valence-electron chi connectivity index (χ3n) is 9.96. The van der Waals surface area contributed by atoms with E-state index in [-0.39, 0.29) is 5.41 Å². The summed E-state index contributed by atoms with van der Waals surface area (Å²) in [5.41, 5.74) is 3.83. The fourth-order valence-electron chi connectivity index (χ4n) is 7.30. The minimum atomic E-state index is 0.0152. The lowest BCUT2D eigenvalue weighted by Crippen LogP contribution is -2.48. The zero-order valence-corrected chi connectivity index (χ0v) is 28.4. The highest BCUT2D eigenvalue weighted by atomic mass is 35.5. The van der Waals surface area contributed by atoms with Crippen molar-refractivity contribution in [3.8, 4) is 0 Å². The van der Waals surface area contributed by atoms with Gasteiger partial charge in [-0.1, -0.05) is 73.0 Å². The lowest BCUT2D eigenvalue weighted by atomic mass is 9.79. The van der Waals surface area contributed by atoms with Crippen molar-refractivity contribution in [3.05, 3.63) is 102 Å². The van der Waals surface area contributed by atoms with Gasteiger partial charge in [-0.25, -0.2) is 0 Å². The molecule has 0 atom stereocenters. The molecule has 1 saturated carbocycles. The maximum absolute atomic E-state index is 6.40. The number of aromatic nitrogens is 2. The van der Waals surface area contributed by atoms with Crippen molar-refractivity contribution in [1.29, 1.82) is 0 Å². The summed E-state index contributed by atoms with van der Waals surface area (Å²) >= 11 is 12.3. The lowest BCUT2D eigenvalue weighted by molar-refractivity contribution is 0.435. The largest absolute Gasteiger partial charge is 0.368 e. The number of para-hydroxylation sites is 2. The molecule has 3 fully saturated rings. The summed E-state index contributed by atoms with van der Waals surface area (Å²) in [5.74, 6) is 2.41. The highest BCUT2D eigenvalue weighted by Crippen LogP contribution is 2.41. The van der Waals surface area contributed by atoms with Gasteiger partial charge in [0.15, 0.2) is 5.11 Å². The Labute approximate surface area is 288 Å². The third kappa shape index (κ3) is 7.41. The Kier molecular flexibility index (Phi) is 9.63. The van der Waals surface area contributed by atoms with E-state index in [4.69, 9.17) is 33.8 Å². The maximum atomic E-state index is 6.40. The van der Waals surface area contributed by atoms with Gasteiger partial charge in [0.2, 0.25) is 5.95 Å². The van der Waals surface area contributed by atoms with Crippen LogP contribution in [0.4, 0.5) is 29.0 Å². The summed E-state index contributed by atoms with van der Waals surface area (Å²) in [5, 5.41) is 8.23. The molecule has 0 radical (unpaired) electrons. The Bertz CT molecular complexity index is 1560. The second-order valence-corrected chi connectivity index (χ2v) is 13.7. The van der Waals surface area contributed by atoms with E-state index in [0.717, 1.165) is 88.4 Å². The fourth-order valence-corrected chi connectivity index (χ4v) is 7.65. The SMILES string of the molecule is S=C(NCC1(c2cccc(Cl)c2)CCCC1)Nc1nc(N2CCN(c3ccccc3)CC2)cc(N2CCN(c3ccccc3)CC2)n1. The number of halogens is 1. The number of nitrogens with zero attached hydrogens (tertiary/aromatic N) is 6. The highest BCUT2D eigenvalue weighted by molar-refractivity contribution is 7.80. The summed E-state index contributed by atoms with van der Waals surface area (Å²) in [6.07, 6.45) is 4.64. The van der Waals surface area contributed by atoms with Crippen molar-refractivity contribution >= 4 is 57.9 Å². The van der Waals surface area contributed by atoms with E-state index in [9.17, 15) is 0 Å². The van der Waals surface area contributed by atoms with Crippen molar-refractivity contribution in [2.75, 3.05) is 83.8 Å². The van der Waals surface area contributed by atoms with Crippen LogP contribution in [-0.4, -0.2) is 74.0 Å². The Hall–Kier alpha value is -4.08. The molecule has 2 aliphatic heterocycles. The van der Waals surface area contributed by atoms with Crippen LogP contribution in [0.3, 0.4) is 0 Å². The van der Waals surface area contributed by atoms with Gasteiger partial charge < -0.3 is 30.2 Å². The molecule has 4 aromatic rings. The van der Waals surface area contributed by atoms with E-state index in [1.165, 1.54) is 29.8 Å². The van der Waals surface area contributed by atoms with Crippen LogP contribution >= 0.6 is 23.8 Å². The molecule has 3 aromatic carbocycles. The van der Waals surface area contributed by atoms with Crippen LogP contribution < -0.4 is 30.2 Å². The quantitative estimate of drug-likeness (QED) is 0.203. The summed E-state index contributed by atoms with van der Waals surface area (Å²) in [6, 6.07) is 31.8. The minimum absolute atomic E-state index is 0.0152. The first kappa shape index (κ1) is 31.5. The van der Waals surface area contributed by atoms with E-state index in [0.29, 0.717) is 11.1 Å².